The minimum absolute atomic E-state index is 0.0601. The summed E-state index contributed by atoms with van der Waals surface area (Å²) in [6.07, 6.45) is 0. The number of β-lactam (4-membered cyclic amide) rings is 1. The van der Waals surface area contributed by atoms with Gasteiger partial charge in [0.1, 0.15) is 11.1 Å². The summed E-state index contributed by atoms with van der Waals surface area (Å²) in [6.45, 7) is 2.04. The second-order valence-corrected chi connectivity index (χ2v) is 5.58. The molecule has 1 saturated heterocycles. The molecule has 0 saturated carbocycles. The van der Waals surface area contributed by atoms with Gasteiger partial charge in [-0.05, 0) is 42.3 Å². The van der Waals surface area contributed by atoms with Crippen LogP contribution in [0.1, 0.15) is 17.2 Å². The summed E-state index contributed by atoms with van der Waals surface area (Å²) in [5, 5.41) is -0.506. The van der Waals surface area contributed by atoms with Crippen molar-refractivity contribution in [3.05, 3.63) is 59.7 Å². The van der Waals surface area contributed by atoms with Gasteiger partial charge in [-0.3, -0.25) is 4.79 Å². The molecule has 108 valence electrons. The van der Waals surface area contributed by atoms with Gasteiger partial charge in [0.25, 0.3) is 0 Å². The average molecular weight is 302 g/mol. The van der Waals surface area contributed by atoms with E-state index < -0.39 is 5.38 Å². The number of carbonyl (C=O) groups is 1. The van der Waals surface area contributed by atoms with E-state index in [0.29, 0.717) is 0 Å². The van der Waals surface area contributed by atoms with Gasteiger partial charge in [-0.15, -0.1) is 11.6 Å². The molecule has 0 radical (unpaired) electrons. The Morgan fingerprint density at radius 1 is 1.10 bits per heavy atom. The number of hydrogen-bond acceptors (Lipinski definition) is 2. The predicted molar refractivity (Wildman–Crippen MR) is 84.0 cm³/mol. The van der Waals surface area contributed by atoms with Gasteiger partial charge in [-0.1, -0.05) is 24.3 Å². The Bertz CT molecular complexity index is 669. The first-order chi connectivity index (χ1) is 10.1. The van der Waals surface area contributed by atoms with Gasteiger partial charge in [-0.25, -0.2) is 0 Å². The number of nitrogens with zero attached hydrogens (tertiary/aromatic N) is 1. The van der Waals surface area contributed by atoms with Crippen LogP contribution in [0.15, 0.2) is 48.5 Å². The van der Waals surface area contributed by atoms with E-state index in [4.69, 9.17) is 16.3 Å². The van der Waals surface area contributed by atoms with E-state index in [1.54, 1.807) is 12.0 Å². The number of halogens is 1. The molecule has 1 aliphatic rings. The fourth-order valence-corrected chi connectivity index (χ4v) is 3.05. The van der Waals surface area contributed by atoms with Crippen LogP contribution < -0.4 is 9.64 Å². The minimum Gasteiger partial charge on any atom is -0.497 e. The van der Waals surface area contributed by atoms with Crippen LogP contribution in [0.2, 0.25) is 0 Å². The topological polar surface area (TPSA) is 29.5 Å². The molecular weight excluding hydrogens is 286 g/mol. The van der Waals surface area contributed by atoms with Crippen molar-refractivity contribution in [1.29, 1.82) is 0 Å². The molecule has 1 fully saturated rings. The maximum absolute atomic E-state index is 12.2. The van der Waals surface area contributed by atoms with Crippen molar-refractivity contribution in [3.8, 4) is 5.75 Å². The highest BCUT2D eigenvalue weighted by Crippen LogP contribution is 2.43. The van der Waals surface area contributed by atoms with Crippen LogP contribution in [-0.2, 0) is 4.79 Å². The molecule has 0 spiro atoms. The highest BCUT2D eigenvalue weighted by Gasteiger charge is 2.48. The van der Waals surface area contributed by atoms with Crippen molar-refractivity contribution in [2.75, 3.05) is 12.0 Å². The van der Waals surface area contributed by atoms with Crippen molar-refractivity contribution in [2.45, 2.75) is 18.3 Å². The van der Waals surface area contributed by atoms with Crippen LogP contribution in [-0.4, -0.2) is 18.4 Å². The lowest BCUT2D eigenvalue weighted by Gasteiger charge is -2.45. The van der Waals surface area contributed by atoms with Gasteiger partial charge in [0.05, 0.1) is 13.2 Å². The first kappa shape index (κ1) is 14.0. The summed E-state index contributed by atoms with van der Waals surface area (Å²) in [7, 11) is 1.62. The summed E-state index contributed by atoms with van der Waals surface area (Å²) in [6, 6.07) is 15.4. The second-order valence-electron chi connectivity index (χ2n) is 5.11. The number of anilines is 1. The molecule has 3 nitrogen and oxygen atoms in total. The molecule has 1 heterocycles. The Hall–Kier alpha value is -2.00. The van der Waals surface area contributed by atoms with Crippen molar-refractivity contribution < 1.29 is 9.53 Å². The summed E-state index contributed by atoms with van der Waals surface area (Å²) in [5.74, 6) is 0.705. The zero-order valence-corrected chi connectivity index (χ0v) is 12.7. The molecule has 2 atom stereocenters. The zero-order chi connectivity index (χ0) is 15.0. The maximum Gasteiger partial charge on any atom is 0.248 e. The van der Waals surface area contributed by atoms with Gasteiger partial charge in [-0.2, -0.15) is 0 Å². The van der Waals surface area contributed by atoms with Crippen molar-refractivity contribution in [2.24, 2.45) is 0 Å². The molecule has 0 unspecified atom stereocenters. The zero-order valence-electron chi connectivity index (χ0n) is 11.9. The molecule has 2 aromatic carbocycles. The van der Waals surface area contributed by atoms with Crippen molar-refractivity contribution in [3.63, 3.8) is 0 Å². The molecule has 1 aliphatic heterocycles. The van der Waals surface area contributed by atoms with Crippen LogP contribution in [0, 0.1) is 6.92 Å². The summed E-state index contributed by atoms with van der Waals surface area (Å²) in [4.78, 5) is 13.9. The molecule has 0 aliphatic carbocycles. The fourth-order valence-electron chi connectivity index (χ4n) is 2.70. The minimum atomic E-state index is -0.506. The first-order valence-electron chi connectivity index (χ1n) is 6.80. The number of rotatable bonds is 3. The molecule has 0 bridgehead atoms. The van der Waals surface area contributed by atoms with Gasteiger partial charge in [0.15, 0.2) is 0 Å². The van der Waals surface area contributed by atoms with Crippen LogP contribution in [0.3, 0.4) is 0 Å². The third kappa shape index (κ3) is 2.28. The molecule has 4 heteroatoms. The summed E-state index contributed by atoms with van der Waals surface area (Å²) >= 11 is 6.26. The average Bonchev–Trinajstić information content (AvgIpc) is 2.53. The third-order valence-electron chi connectivity index (χ3n) is 3.89. The quantitative estimate of drug-likeness (QED) is 0.639. The van der Waals surface area contributed by atoms with Crippen molar-refractivity contribution in [1.82, 2.24) is 0 Å². The monoisotopic (exact) mass is 301 g/mol. The lowest BCUT2D eigenvalue weighted by Crippen LogP contribution is -2.56. The van der Waals surface area contributed by atoms with E-state index in [1.807, 2.05) is 55.5 Å². The normalized spacial score (nSPS) is 21.1. The molecule has 3 rings (SSSR count). The maximum atomic E-state index is 12.2. The van der Waals surface area contributed by atoms with Crippen LogP contribution >= 0.6 is 11.6 Å². The number of amides is 1. The van der Waals surface area contributed by atoms with E-state index in [-0.39, 0.29) is 11.9 Å². The first-order valence-corrected chi connectivity index (χ1v) is 7.24. The molecule has 21 heavy (non-hydrogen) atoms. The predicted octanol–water partition coefficient (Wildman–Crippen LogP) is 3.70. The number of benzene rings is 2. The largest absolute Gasteiger partial charge is 0.497 e. The fraction of sp³-hybridized carbons (Fsp3) is 0.235. The van der Waals surface area contributed by atoms with Crippen LogP contribution in [0.4, 0.5) is 5.69 Å². The highest BCUT2D eigenvalue weighted by atomic mass is 35.5. The van der Waals surface area contributed by atoms with Crippen molar-refractivity contribution >= 4 is 23.2 Å². The molecular formula is C17H16ClNO2. The Labute approximate surface area is 129 Å². The lowest BCUT2D eigenvalue weighted by molar-refractivity contribution is -0.123. The van der Waals surface area contributed by atoms with Gasteiger partial charge in [0.2, 0.25) is 5.91 Å². The third-order valence-corrected chi connectivity index (χ3v) is 4.31. The molecule has 0 aromatic heterocycles. The SMILES string of the molecule is COc1ccc(N2C(=O)[C@H](Cl)[C@H]2c2ccccc2C)cc1. The van der Waals surface area contributed by atoms with Gasteiger partial charge < -0.3 is 9.64 Å². The Balaban J connectivity index is 1.96. The number of methoxy groups -OCH3 is 1. The molecule has 1 amide bonds. The lowest BCUT2D eigenvalue weighted by atomic mass is 9.89. The van der Waals surface area contributed by atoms with E-state index in [1.165, 1.54) is 0 Å². The van der Waals surface area contributed by atoms with Crippen LogP contribution in [0.5, 0.6) is 5.75 Å². The smallest absolute Gasteiger partial charge is 0.248 e. The number of alkyl halides is 1. The number of aryl methyl sites for hydroxylation is 1. The van der Waals surface area contributed by atoms with E-state index in [2.05, 4.69) is 0 Å². The van der Waals surface area contributed by atoms with E-state index in [0.717, 1.165) is 22.6 Å². The van der Waals surface area contributed by atoms with E-state index >= 15 is 0 Å². The Kier molecular flexibility index (Phi) is 3.60. The van der Waals surface area contributed by atoms with Gasteiger partial charge >= 0.3 is 0 Å². The summed E-state index contributed by atoms with van der Waals surface area (Å²) < 4.78 is 5.15. The number of ether oxygens (including phenoxy) is 1. The molecule has 2 aromatic rings. The highest BCUT2D eigenvalue weighted by molar-refractivity contribution is 6.37. The Morgan fingerprint density at radius 2 is 1.76 bits per heavy atom. The molecule has 0 N–H and O–H groups in total. The summed E-state index contributed by atoms with van der Waals surface area (Å²) in [5.41, 5.74) is 3.07. The number of hydrogen-bond donors (Lipinski definition) is 0. The number of carbonyl (C=O) groups excluding carboxylic acids is 1. The standard InChI is InChI=1S/C17H16ClNO2/c1-11-5-3-4-6-14(11)16-15(18)17(20)19(16)12-7-9-13(21-2)10-8-12/h3-10,15-16H,1-2H3/t15-,16-/m1/s1. The second kappa shape index (κ2) is 5.41. The van der Waals surface area contributed by atoms with E-state index in [9.17, 15) is 4.79 Å². The Morgan fingerprint density at radius 3 is 2.38 bits per heavy atom. The van der Waals surface area contributed by atoms with Gasteiger partial charge in [0, 0.05) is 5.69 Å². The van der Waals surface area contributed by atoms with Crippen LogP contribution in [0.25, 0.3) is 0 Å².